The fraction of sp³-hybridized carbons (Fsp3) is 0.167. The van der Waals surface area contributed by atoms with Crippen LogP contribution in [0.5, 0.6) is 0 Å². The normalized spacial score (nSPS) is 16.8. The highest BCUT2D eigenvalue weighted by Gasteiger charge is 2.31. The predicted molar refractivity (Wildman–Crippen MR) is 102 cm³/mol. The Bertz CT molecular complexity index is 885. The van der Waals surface area contributed by atoms with Crippen molar-refractivity contribution in [3.63, 3.8) is 0 Å². The first kappa shape index (κ1) is 18.3. The van der Waals surface area contributed by atoms with Gasteiger partial charge in [-0.3, -0.25) is 9.59 Å². The number of hydrogen-bond donors (Lipinski definition) is 2. The van der Waals surface area contributed by atoms with E-state index in [0.29, 0.717) is 22.0 Å². The van der Waals surface area contributed by atoms with E-state index in [9.17, 15) is 14.9 Å². The first-order chi connectivity index (χ1) is 12.6. The molecule has 1 aliphatic heterocycles. The summed E-state index contributed by atoms with van der Waals surface area (Å²) in [5.74, 6) is -0.228. The summed E-state index contributed by atoms with van der Waals surface area (Å²) >= 11 is 4.46. The molecule has 1 aromatic heterocycles. The Morgan fingerprint density at radius 1 is 1.38 bits per heavy atom. The number of rotatable bonds is 5. The lowest BCUT2D eigenvalue weighted by molar-refractivity contribution is -0.121. The van der Waals surface area contributed by atoms with Crippen LogP contribution in [-0.2, 0) is 9.59 Å². The minimum atomic E-state index is -0.430. The Morgan fingerprint density at radius 3 is 2.81 bits per heavy atom. The number of hydrogen-bond acceptors (Lipinski definition) is 5. The number of anilines is 1. The zero-order chi connectivity index (χ0) is 18.5. The van der Waals surface area contributed by atoms with Crippen LogP contribution in [0.4, 0.5) is 5.69 Å². The highest BCUT2D eigenvalue weighted by molar-refractivity contribution is 9.10. The molecule has 0 bridgehead atoms. The molecule has 1 atom stereocenters. The molecule has 0 aliphatic carbocycles. The Hall–Kier alpha value is -2.50. The van der Waals surface area contributed by atoms with Gasteiger partial charge in [-0.25, -0.2) is 0 Å². The van der Waals surface area contributed by atoms with Crippen molar-refractivity contribution in [2.45, 2.75) is 12.3 Å². The summed E-state index contributed by atoms with van der Waals surface area (Å²) in [4.78, 5) is 24.1. The standard InChI is InChI=1S/C18H14BrN3O3S/c19-11-3-5-12(6-4-11)21-17(24)10-26-18-14(9-20)13(8-16(23)22-18)15-2-1-7-25-15/h1-7,13H,8,10H2,(H,21,24)(H,22,23). The summed E-state index contributed by atoms with van der Waals surface area (Å²) in [6.45, 7) is 0. The molecule has 1 aromatic carbocycles. The minimum Gasteiger partial charge on any atom is -0.469 e. The third-order valence-corrected chi connectivity index (χ3v) is 5.26. The van der Waals surface area contributed by atoms with Crippen molar-refractivity contribution in [2.24, 2.45) is 0 Å². The number of furan rings is 1. The third-order valence-electron chi connectivity index (χ3n) is 3.72. The first-order valence-electron chi connectivity index (χ1n) is 7.72. The number of nitriles is 1. The van der Waals surface area contributed by atoms with Gasteiger partial charge >= 0.3 is 0 Å². The SMILES string of the molecule is N#CC1=C(SCC(=O)Nc2ccc(Br)cc2)NC(=O)CC1c1ccco1. The average Bonchev–Trinajstić information content (AvgIpc) is 3.16. The van der Waals surface area contributed by atoms with E-state index < -0.39 is 5.92 Å². The second kappa shape index (κ2) is 8.25. The molecular weight excluding hydrogens is 418 g/mol. The number of halogens is 1. The van der Waals surface area contributed by atoms with Crippen LogP contribution in [0, 0.1) is 11.3 Å². The second-order valence-electron chi connectivity index (χ2n) is 5.52. The van der Waals surface area contributed by atoms with E-state index in [0.717, 1.165) is 16.2 Å². The van der Waals surface area contributed by atoms with Gasteiger partial charge in [-0.2, -0.15) is 5.26 Å². The maximum atomic E-state index is 12.1. The maximum Gasteiger partial charge on any atom is 0.234 e. The summed E-state index contributed by atoms with van der Waals surface area (Å²) < 4.78 is 6.28. The topological polar surface area (TPSA) is 95.1 Å². The number of nitrogens with zero attached hydrogens (tertiary/aromatic N) is 1. The van der Waals surface area contributed by atoms with E-state index >= 15 is 0 Å². The summed E-state index contributed by atoms with van der Waals surface area (Å²) in [5.41, 5.74) is 1.08. The van der Waals surface area contributed by atoms with Gasteiger partial charge in [-0.1, -0.05) is 27.7 Å². The number of amides is 2. The van der Waals surface area contributed by atoms with Crippen molar-refractivity contribution < 1.29 is 14.0 Å². The molecule has 2 N–H and O–H groups in total. The Kier molecular flexibility index (Phi) is 5.81. The van der Waals surface area contributed by atoms with Crippen LogP contribution in [0.25, 0.3) is 0 Å². The van der Waals surface area contributed by atoms with Crippen LogP contribution in [-0.4, -0.2) is 17.6 Å². The number of carbonyl (C=O) groups is 2. The lowest BCUT2D eigenvalue weighted by Crippen LogP contribution is -2.31. The van der Waals surface area contributed by atoms with Gasteiger partial charge in [0.15, 0.2) is 0 Å². The highest BCUT2D eigenvalue weighted by atomic mass is 79.9. The molecule has 0 saturated carbocycles. The van der Waals surface area contributed by atoms with Gasteiger partial charge in [-0.05, 0) is 36.4 Å². The van der Waals surface area contributed by atoms with Gasteiger partial charge in [0.05, 0.1) is 34.6 Å². The Balaban J connectivity index is 1.70. The van der Waals surface area contributed by atoms with Gasteiger partial charge in [0.2, 0.25) is 11.8 Å². The van der Waals surface area contributed by atoms with E-state index in [1.807, 2.05) is 12.1 Å². The molecule has 8 heteroatoms. The van der Waals surface area contributed by atoms with Gasteiger partial charge in [0.1, 0.15) is 5.76 Å². The Morgan fingerprint density at radius 2 is 2.15 bits per heavy atom. The highest BCUT2D eigenvalue weighted by Crippen LogP contribution is 2.36. The molecule has 0 spiro atoms. The van der Waals surface area contributed by atoms with Crippen LogP contribution in [0.15, 0.2) is 62.2 Å². The van der Waals surface area contributed by atoms with Gasteiger partial charge in [0, 0.05) is 16.6 Å². The van der Waals surface area contributed by atoms with Crippen LogP contribution in [0.1, 0.15) is 18.1 Å². The Labute approximate surface area is 162 Å². The quantitative estimate of drug-likeness (QED) is 0.751. The molecule has 0 radical (unpaired) electrons. The number of allylic oxidation sites excluding steroid dienone is 1. The molecule has 132 valence electrons. The molecule has 26 heavy (non-hydrogen) atoms. The molecule has 3 rings (SSSR count). The van der Waals surface area contributed by atoms with Gasteiger partial charge in [0.25, 0.3) is 0 Å². The fourth-order valence-corrected chi connectivity index (χ4v) is 3.67. The molecule has 2 heterocycles. The minimum absolute atomic E-state index is 0.0712. The maximum absolute atomic E-state index is 12.1. The van der Waals surface area contributed by atoms with E-state index in [1.165, 1.54) is 6.26 Å². The second-order valence-corrected chi connectivity index (χ2v) is 7.42. The van der Waals surface area contributed by atoms with Crippen molar-refractivity contribution in [1.82, 2.24) is 5.32 Å². The zero-order valence-electron chi connectivity index (χ0n) is 13.5. The van der Waals surface area contributed by atoms with Crippen molar-refractivity contribution >= 4 is 45.2 Å². The van der Waals surface area contributed by atoms with Crippen molar-refractivity contribution in [3.05, 3.63) is 63.5 Å². The summed E-state index contributed by atoms with van der Waals surface area (Å²) in [5, 5.41) is 15.4. The molecular formula is C18H14BrN3O3S. The third kappa shape index (κ3) is 4.36. The van der Waals surface area contributed by atoms with E-state index in [4.69, 9.17) is 4.42 Å². The fourth-order valence-electron chi connectivity index (χ4n) is 2.53. The van der Waals surface area contributed by atoms with Crippen LogP contribution in [0.2, 0.25) is 0 Å². The average molecular weight is 432 g/mol. The lowest BCUT2D eigenvalue weighted by Gasteiger charge is -2.23. The molecule has 2 aromatic rings. The summed E-state index contributed by atoms with van der Waals surface area (Å²) in [7, 11) is 0. The molecule has 2 amide bonds. The number of nitrogens with one attached hydrogen (secondary N) is 2. The number of benzene rings is 1. The largest absolute Gasteiger partial charge is 0.469 e. The van der Waals surface area contributed by atoms with Gasteiger partial charge in [-0.15, -0.1) is 0 Å². The lowest BCUT2D eigenvalue weighted by atomic mass is 9.92. The zero-order valence-corrected chi connectivity index (χ0v) is 15.9. The van der Waals surface area contributed by atoms with Crippen LogP contribution < -0.4 is 10.6 Å². The number of thioether (sulfide) groups is 1. The predicted octanol–water partition coefficient (Wildman–Crippen LogP) is 3.75. The van der Waals surface area contributed by atoms with Crippen molar-refractivity contribution in [1.29, 1.82) is 5.26 Å². The molecule has 1 aliphatic rings. The van der Waals surface area contributed by atoms with Crippen molar-refractivity contribution in [3.8, 4) is 6.07 Å². The molecule has 0 fully saturated rings. The monoisotopic (exact) mass is 431 g/mol. The van der Waals surface area contributed by atoms with Crippen molar-refractivity contribution in [2.75, 3.05) is 11.1 Å². The van der Waals surface area contributed by atoms with E-state index in [1.54, 1.807) is 24.3 Å². The first-order valence-corrected chi connectivity index (χ1v) is 9.50. The molecule has 0 saturated heterocycles. The van der Waals surface area contributed by atoms with Gasteiger partial charge < -0.3 is 15.1 Å². The molecule has 6 nitrogen and oxygen atoms in total. The van der Waals surface area contributed by atoms with E-state index in [-0.39, 0.29) is 24.0 Å². The van der Waals surface area contributed by atoms with Crippen LogP contribution in [0.3, 0.4) is 0 Å². The van der Waals surface area contributed by atoms with E-state index in [2.05, 4.69) is 32.6 Å². The van der Waals surface area contributed by atoms with Crippen LogP contribution >= 0.6 is 27.7 Å². The molecule has 1 unspecified atom stereocenters. The summed E-state index contributed by atoms with van der Waals surface area (Å²) in [6.07, 6.45) is 1.65. The smallest absolute Gasteiger partial charge is 0.234 e. The number of carbonyl (C=O) groups excluding carboxylic acids is 2. The summed E-state index contributed by atoms with van der Waals surface area (Å²) in [6, 6.07) is 12.8.